The Bertz CT molecular complexity index is 1120. The summed E-state index contributed by atoms with van der Waals surface area (Å²) in [6, 6.07) is 14.2. The molecule has 0 aliphatic rings. The van der Waals surface area contributed by atoms with Crippen LogP contribution in [0.1, 0.15) is 5.69 Å². The van der Waals surface area contributed by atoms with Crippen LogP contribution in [0.5, 0.6) is 5.75 Å². The third kappa shape index (κ3) is 4.25. The number of para-hydroxylation sites is 1. The normalized spacial score (nSPS) is 11.4. The smallest absolute Gasteiger partial charge is 0.296 e. The van der Waals surface area contributed by atoms with Crippen molar-refractivity contribution in [1.82, 2.24) is 9.36 Å². The van der Waals surface area contributed by atoms with Gasteiger partial charge in [-0.3, -0.25) is 14.2 Å². The van der Waals surface area contributed by atoms with Crippen molar-refractivity contribution in [1.29, 1.82) is 0 Å². The maximum atomic E-state index is 12.9. The maximum absolute atomic E-state index is 12.9. The van der Waals surface area contributed by atoms with Crippen LogP contribution in [0, 0.1) is 12.7 Å². The van der Waals surface area contributed by atoms with Crippen molar-refractivity contribution in [3.05, 3.63) is 76.5 Å². The maximum Gasteiger partial charge on any atom is 0.296 e. The van der Waals surface area contributed by atoms with E-state index in [0.717, 1.165) is 0 Å². The molecule has 3 aromatic rings. The summed E-state index contributed by atoms with van der Waals surface area (Å²) in [7, 11) is -2.14. The van der Waals surface area contributed by atoms with E-state index in [-0.39, 0.29) is 18.0 Å². The highest BCUT2D eigenvalue weighted by Crippen LogP contribution is 2.16. The Balaban J connectivity index is 1.75. The van der Waals surface area contributed by atoms with E-state index in [9.17, 15) is 17.6 Å². The van der Waals surface area contributed by atoms with Gasteiger partial charge in [-0.15, -0.1) is 0 Å². The predicted octanol–water partition coefficient (Wildman–Crippen LogP) is 2.44. The monoisotopic (exact) mass is 405 g/mol. The van der Waals surface area contributed by atoms with E-state index in [1.807, 2.05) is 6.07 Å². The highest BCUT2D eigenvalue weighted by atomic mass is 32.2. The molecule has 0 amide bonds. The van der Waals surface area contributed by atoms with Gasteiger partial charge in [0.05, 0.1) is 11.4 Å². The summed E-state index contributed by atoms with van der Waals surface area (Å²) in [6.45, 7) is 1.52. The number of sulfonamides is 1. The molecule has 1 heterocycles. The fourth-order valence-electron chi connectivity index (χ4n) is 2.69. The second-order valence-corrected chi connectivity index (χ2v) is 8.00. The molecular weight excluding hydrogens is 385 g/mol. The van der Waals surface area contributed by atoms with Crippen LogP contribution in [0.25, 0.3) is 5.69 Å². The zero-order valence-corrected chi connectivity index (χ0v) is 16.2. The third-order valence-corrected chi connectivity index (χ3v) is 5.47. The molecule has 0 saturated heterocycles. The summed E-state index contributed by atoms with van der Waals surface area (Å²) < 4.78 is 48.3. The molecule has 148 valence electrons. The average Bonchev–Trinajstić information content (AvgIpc) is 2.87. The van der Waals surface area contributed by atoms with Crippen molar-refractivity contribution in [3.8, 4) is 11.4 Å². The molecule has 0 spiro atoms. The first-order valence-corrected chi connectivity index (χ1v) is 10.2. The molecule has 0 bridgehead atoms. The molecular formula is C19H20FN3O4S. The van der Waals surface area contributed by atoms with Gasteiger partial charge in [-0.05, 0) is 43.3 Å². The number of nitrogens with one attached hydrogen (secondary N) is 1. The Hall–Kier alpha value is -3.07. The first-order valence-electron chi connectivity index (χ1n) is 8.51. The van der Waals surface area contributed by atoms with Gasteiger partial charge < -0.3 is 4.74 Å². The minimum absolute atomic E-state index is 0.00636. The van der Waals surface area contributed by atoms with Gasteiger partial charge in [-0.2, -0.15) is 0 Å². The molecule has 1 N–H and O–H groups in total. The molecule has 28 heavy (non-hydrogen) atoms. The molecule has 3 rings (SSSR count). The Morgan fingerprint density at radius 1 is 1.07 bits per heavy atom. The number of benzene rings is 2. The second kappa shape index (κ2) is 7.89. The summed E-state index contributed by atoms with van der Waals surface area (Å²) in [5.41, 5.74) is 0.641. The highest BCUT2D eigenvalue weighted by Gasteiger charge is 2.21. The first-order chi connectivity index (χ1) is 13.3. The second-order valence-electron chi connectivity index (χ2n) is 6.16. The van der Waals surface area contributed by atoms with E-state index in [4.69, 9.17) is 4.74 Å². The molecule has 0 saturated carbocycles. The molecule has 0 atom stereocenters. The predicted molar refractivity (Wildman–Crippen MR) is 105 cm³/mol. The number of ether oxygens (including phenoxy) is 1. The summed E-state index contributed by atoms with van der Waals surface area (Å²) in [6.07, 6.45) is 0. The van der Waals surface area contributed by atoms with Gasteiger partial charge >= 0.3 is 0 Å². The number of rotatable bonds is 7. The van der Waals surface area contributed by atoms with Gasteiger partial charge in [-0.1, -0.05) is 18.2 Å². The zero-order chi connectivity index (χ0) is 20.3. The number of hydrogen-bond donors (Lipinski definition) is 1. The highest BCUT2D eigenvalue weighted by molar-refractivity contribution is 7.92. The first kappa shape index (κ1) is 19.7. The average molecular weight is 405 g/mol. The van der Waals surface area contributed by atoms with Crippen LogP contribution in [0.15, 0.2) is 59.4 Å². The molecule has 0 aliphatic heterocycles. The van der Waals surface area contributed by atoms with Crippen LogP contribution in [0.4, 0.5) is 10.1 Å². The van der Waals surface area contributed by atoms with E-state index in [1.165, 1.54) is 28.9 Å². The zero-order valence-electron chi connectivity index (χ0n) is 15.4. The lowest BCUT2D eigenvalue weighted by atomic mass is 10.3. The van der Waals surface area contributed by atoms with Crippen LogP contribution in [0.2, 0.25) is 0 Å². The molecule has 0 aliphatic carbocycles. The van der Waals surface area contributed by atoms with Crippen molar-refractivity contribution in [2.24, 2.45) is 7.05 Å². The summed E-state index contributed by atoms with van der Waals surface area (Å²) in [4.78, 5) is 12.8. The molecule has 0 fully saturated rings. The van der Waals surface area contributed by atoms with Crippen LogP contribution >= 0.6 is 0 Å². The minimum Gasteiger partial charge on any atom is -0.492 e. The van der Waals surface area contributed by atoms with Crippen LogP contribution in [-0.4, -0.2) is 30.1 Å². The van der Waals surface area contributed by atoms with Gasteiger partial charge in [0.2, 0.25) is 10.0 Å². The SMILES string of the molecule is Cc1c(NS(=O)(=O)CCOc2ccc(F)cc2)c(=O)n(-c2ccccc2)n1C. The minimum atomic E-state index is -3.82. The number of halogens is 1. The van der Waals surface area contributed by atoms with Gasteiger partial charge in [0.15, 0.2) is 0 Å². The summed E-state index contributed by atoms with van der Waals surface area (Å²) in [5.74, 6) is -0.404. The quantitative estimate of drug-likeness (QED) is 0.655. The fraction of sp³-hybridized carbons (Fsp3) is 0.211. The van der Waals surface area contributed by atoms with Crippen molar-refractivity contribution >= 4 is 15.7 Å². The third-order valence-electron chi connectivity index (χ3n) is 4.25. The van der Waals surface area contributed by atoms with Gasteiger partial charge in [0, 0.05) is 7.05 Å². The topological polar surface area (TPSA) is 82.3 Å². The molecule has 9 heteroatoms. The van der Waals surface area contributed by atoms with Crippen molar-refractivity contribution < 1.29 is 17.5 Å². The molecule has 0 radical (unpaired) electrons. The van der Waals surface area contributed by atoms with E-state index in [0.29, 0.717) is 17.1 Å². The largest absolute Gasteiger partial charge is 0.492 e. The Kier molecular flexibility index (Phi) is 5.55. The van der Waals surface area contributed by atoms with Crippen molar-refractivity contribution in [2.45, 2.75) is 6.92 Å². The standard InChI is InChI=1S/C19H20FN3O4S/c1-14-18(19(24)23(22(14)2)16-6-4-3-5-7-16)21-28(25,26)13-12-27-17-10-8-15(20)9-11-17/h3-11,21H,12-13H2,1-2H3. The molecule has 2 aromatic carbocycles. The van der Waals surface area contributed by atoms with Crippen LogP contribution in [0.3, 0.4) is 0 Å². The van der Waals surface area contributed by atoms with Crippen molar-refractivity contribution in [3.63, 3.8) is 0 Å². The van der Waals surface area contributed by atoms with Crippen molar-refractivity contribution in [2.75, 3.05) is 17.1 Å². The van der Waals surface area contributed by atoms with E-state index >= 15 is 0 Å². The fourth-order valence-corrected chi connectivity index (χ4v) is 3.64. The Labute approximate surface area is 162 Å². The number of nitrogens with zero attached hydrogens (tertiary/aromatic N) is 2. The number of hydrogen-bond acceptors (Lipinski definition) is 4. The Morgan fingerprint density at radius 3 is 2.36 bits per heavy atom. The van der Waals surface area contributed by atoms with E-state index < -0.39 is 21.4 Å². The van der Waals surface area contributed by atoms with E-state index in [2.05, 4.69) is 4.72 Å². The molecule has 1 aromatic heterocycles. The lowest BCUT2D eigenvalue weighted by Gasteiger charge is -2.08. The van der Waals surface area contributed by atoms with Crippen LogP contribution < -0.4 is 15.0 Å². The van der Waals surface area contributed by atoms with E-state index in [1.54, 1.807) is 42.9 Å². The number of aromatic nitrogens is 2. The summed E-state index contributed by atoms with van der Waals surface area (Å²) >= 11 is 0. The lowest BCUT2D eigenvalue weighted by Crippen LogP contribution is -2.26. The van der Waals surface area contributed by atoms with Gasteiger partial charge in [0.25, 0.3) is 5.56 Å². The number of anilines is 1. The van der Waals surface area contributed by atoms with Gasteiger partial charge in [0.1, 0.15) is 29.6 Å². The lowest BCUT2D eigenvalue weighted by molar-refractivity contribution is 0.340. The summed E-state index contributed by atoms with van der Waals surface area (Å²) in [5, 5.41) is 0. The van der Waals surface area contributed by atoms with Gasteiger partial charge in [-0.25, -0.2) is 17.5 Å². The van der Waals surface area contributed by atoms with Crippen LogP contribution in [-0.2, 0) is 17.1 Å². The molecule has 0 unspecified atom stereocenters. The molecule has 7 nitrogen and oxygen atoms in total. The Morgan fingerprint density at radius 2 is 1.71 bits per heavy atom.